The normalized spacial score (nSPS) is 19.4. The Morgan fingerprint density at radius 3 is 2.44 bits per heavy atom. The Kier molecular flexibility index (Phi) is 13.8. The van der Waals surface area contributed by atoms with Gasteiger partial charge in [-0.1, -0.05) is 43.2 Å². The largest absolute Gasteiger partial charge is 0.455 e. The minimum absolute atomic E-state index is 0.0165. The van der Waals surface area contributed by atoms with Gasteiger partial charge in [-0.3, -0.25) is 24.0 Å². The molecule has 0 bridgehead atoms. The lowest BCUT2D eigenvalue weighted by Gasteiger charge is -2.39. The molecule has 3 N–H and O–H groups in total. The van der Waals surface area contributed by atoms with Crippen LogP contribution in [0.5, 0.6) is 11.5 Å². The van der Waals surface area contributed by atoms with Gasteiger partial charge < -0.3 is 19.9 Å². The van der Waals surface area contributed by atoms with Crippen molar-refractivity contribution in [2.24, 2.45) is 15.7 Å². The molecule has 0 radical (unpaired) electrons. The summed E-state index contributed by atoms with van der Waals surface area (Å²) in [4.78, 5) is 41.2. The van der Waals surface area contributed by atoms with Gasteiger partial charge in [-0.05, 0) is 104 Å². The highest BCUT2D eigenvalue weighted by atomic mass is 35.5. The number of sulfonamides is 1. The van der Waals surface area contributed by atoms with Crippen molar-refractivity contribution in [3.05, 3.63) is 111 Å². The first-order chi connectivity index (χ1) is 31.4. The summed E-state index contributed by atoms with van der Waals surface area (Å²) in [5.41, 5.74) is 5.12. The molecule has 0 spiro atoms. The quantitative estimate of drug-likeness (QED) is 0.0705. The molecule has 2 aliphatic carbocycles. The minimum Gasteiger partial charge on any atom is -0.455 e. The Morgan fingerprint density at radius 1 is 0.985 bits per heavy atom. The van der Waals surface area contributed by atoms with Crippen molar-refractivity contribution < 1.29 is 27.1 Å². The van der Waals surface area contributed by atoms with Crippen LogP contribution in [0.4, 0.5) is 17.2 Å². The van der Waals surface area contributed by atoms with Crippen LogP contribution in [0.15, 0.2) is 94.1 Å². The van der Waals surface area contributed by atoms with E-state index in [1.807, 2.05) is 18.2 Å². The molecular weight excluding hydrogens is 902 g/mol. The van der Waals surface area contributed by atoms with Crippen LogP contribution in [-0.2, 0) is 19.8 Å². The minimum atomic E-state index is -4.65. The van der Waals surface area contributed by atoms with Gasteiger partial charge in [0, 0.05) is 95.9 Å². The molecule has 3 aromatic heterocycles. The van der Waals surface area contributed by atoms with Crippen LogP contribution in [-0.4, -0.2) is 101 Å². The van der Waals surface area contributed by atoms with Crippen molar-refractivity contribution in [1.82, 2.24) is 24.6 Å². The monoisotopic (exact) mass is 957 g/mol. The average molecular weight is 959 g/mol. The van der Waals surface area contributed by atoms with Gasteiger partial charge in [-0.25, -0.2) is 27.5 Å². The number of nitrogens with zero attached hydrogens (tertiary/aromatic N) is 6. The summed E-state index contributed by atoms with van der Waals surface area (Å²) in [7, 11) is -6.86. The Labute approximate surface area is 391 Å². The predicted octanol–water partition coefficient (Wildman–Crippen LogP) is 8.91. The summed E-state index contributed by atoms with van der Waals surface area (Å²) in [6.45, 7) is 8.94. The second-order valence-electron chi connectivity index (χ2n) is 18.6. The van der Waals surface area contributed by atoms with Gasteiger partial charge in [-0.2, -0.15) is 0 Å². The van der Waals surface area contributed by atoms with Crippen molar-refractivity contribution in [2.75, 3.05) is 62.0 Å². The molecule has 1 saturated heterocycles. The third-order valence-corrected chi connectivity index (χ3v) is 15.1. The molecular formula is C47H56ClN9O7S2. The summed E-state index contributed by atoms with van der Waals surface area (Å²) < 4.78 is 52.4. The molecule has 16 nitrogen and oxygen atoms in total. The van der Waals surface area contributed by atoms with E-state index in [1.54, 1.807) is 36.9 Å². The van der Waals surface area contributed by atoms with Crippen LogP contribution < -0.4 is 19.7 Å². The molecule has 350 valence electrons. The lowest BCUT2D eigenvalue weighted by atomic mass is 9.72. The fraction of sp³-hybridized carbons (Fsp3) is 0.426. The van der Waals surface area contributed by atoms with Crippen LogP contribution in [0.2, 0.25) is 5.02 Å². The number of aromatic amines is 1. The fourth-order valence-corrected chi connectivity index (χ4v) is 11.1. The van der Waals surface area contributed by atoms with Crippen molar-refractivity contribution in [1.29, 1.82) is 0 Å². The number of fused-ring (bicyclic) bond motifs is 1. The number of hydrogen-bond donors (Lipinski definition) is 3. The molecule has 66 heavy (non-hydrogen) atoms. The highest BCUT2D eigenvalue weighted by molar-refractivity contribution is 7.92. The van der Waals surface area contributed by atoms with Crippen molar-refractivity contribution in [3.63, 3.8) is 0 Å². The second kappa shape index (κ2) is 19.3. The first-order valence-corrected chi connectivity index (χ1v) is 26.4. The van der Waals surface area contributed by atoms with Crippen molar-refractivity contribution in [2.45, 2.75) is 69.7 Å². The zero-order valence-electron chi connectivity index (χ0n) is 37.6. The maximum atomic E-state index is 14.0. The van der Waals surface area contributed by atoms with Gasteiger partial charge in [-0.15, -0.1) is 0 Å². The zero-order valence-corrected chi connectivity index (χ0v) is 40.0. The summed E-state index contributed by atoms with van der Waals surface area (Å²) in [6, 6.07) is 17.7. The third kappa shape index (κ3) is 11.5. The smallest absolute Gasteiger partial charge is 0.312 e. The van der Waals surface area contributed by atoms with Crippen molar-refractivity contribution in [3.8, 4) is 11.5 Å². The van der Waals surface area contributed by atoms with Gasteiger partial charge in [0.2, 0.25) is 5.82 Å². The lowest BCUT2D eigenvalue weighted by Crippen LogP contribution is -2.47. The number of pyridine rings is 2. The standard InChI is InChI=1S/C47H56ClN9O7S2/c1-47(2)17-15-34(41(26-47)32-7-9-35(48)10-8-32)30-55-19-21-56(22-20-55)37-13-14-40(43(24-37)64-38-23-33-16-18-49-44(33)51-28-38)46(58)54-66(62,63)39-25-42(57(59)60)45(52-29-39)50-27-31-5-11-36(12-6-31)53-65(3,4)61/h7-10,13-14,16,18,23-25,28-29,31,36H,5-6,11-12,15,17,19-22,26-27,30H2,1-4H3,(H,49,51)(H,50,52)(H,54,58). The van der Waals surface area contributed by atoms with Gasteiger partial charge in [0.15, 0.2) is 0 Å². The van der Waals surface area contributed by atoms with Crippen LogP contribution in [0, 0.1) is 21.4 Å². The summed E-state index contributed by atoms with van der Waals surface area (Å²) in [5, 5.41) is 16.7. The number of rotatable bonds is 14. The SMILES string of the molecule is CC1(C)CCC(CN2CCN(c3ccc(C(=O)NS(=O)(=O)c4cnc(NCC5CCC(N=S(C)(C)=O)CC5)c([N+](=O)[O-])c4)c(Oc4cnc5[nH]ccc5c4)c3)CC2)=C(c2ccc(Cl)cc2)C1. The van der Waals surface area contributed by atoms with E-state index in [-0.39, 0.29) is 34.5 Å². The summed E-state index contributed by atoms with van der Waals surface area (Å²) in [5.74, 6) is -0.469. The Hall–Kier alpha value is -5.56. The molecule has 2 fully saturated rings. The average Bonchev–Trinajstić information content (AvgIpc) is 3.75. The molecule has 5 aromatic rings. The van der Waals surface area contributed by atoms with E-state index in [9.17, 15) is 27.5 Å². The van der Waals surface area contributed by atoms with Gasteiger partial charge in [0.05, 0.1) is 28.9 Å². The van der Waals surface area contributed by atoms with E-state index < -0.39 is 41.2 Å². The van der Waals surface area contributed by atoms with Gasteiger partial charge in [0.25, 0.3) is 15.9 Å². The first-order valence-electron chi connectivity index (χ1n) is 22.2. The molecule has 4 heterocycles. The number of amides is 1. The summed E-state index contributed by atoms with van der Waals surface area (Å²) >= 11 is 6.24. The van der Waals surface area contributed by atoms with Crippen LogP contribution in [0.1, 0.15) is 74.7 Å². The predicted molar refractivity (Wildman–Crippen MR) is 259 cm³/mol. The van der Waals surface area contributed by atoms with Crippen molar-refractivity contribution >= 4 is 71.1 Å². The Bertz CT molecular complexity index is 2890. The van der Waals surface area contributed by atoms with E-state index in [1.165, 1.54) is 29.0 Å². The number of hydrogen-bond acceptors (Lipinski definition) is 13. The fourth-order valence-electron chi connectivity index (χ4n) is 9.13. The number of halogens is 1. The summed E-state index contributed by atoms with van der Waals surface area (Å²) in [6.07, 6.45) is 13.7. The Balaban J connectivity index is 0.977. The number of allylic oxidation sites excluding steroid dienone is 1. The highest BCUT2D eigenvalue weighted by Crippen LogP contribution is 2.43. The third-order valence-electron chi connectivity index (χ3n) is 12.7. The molecule has 1 aliphatic heterocycles. The number of piperazine rings is 1. The molecule has 19 heteroatoms. The van der Waals surface area contributed by atoms with E-state index in [0.29, 0.717) is 31.0 Å². The Morgan fingerprint density at radius 2 is 1.73 bits per heavy atom. The topological polar surface area (TPSA) is 205 Å². The maximum absolute atomic E-state index is 14.0. The van der Waals surface area contributed by atoms with Crippen LogP contribution in [0.25, 0.3) is 16.6 Å². The van der Waals surface area contributed by atoms with E-state index in [4.69, 9.17) is 16.3 Å². The number of carbonyl (C=O) groups excluding carboxylic acids is 1. The number of nitrogens with one attached hydrogen (secondary N) is 3. The molecule has 2 aromatic carbocycles. The molecule has 3 aliphatic rings. The zero-order chi connectivity index (χ0) is 46.8. The lowest BCUT2D eigenvalue weighted by molar-refractivity contribution is -0.384. The number of benzene rings is 2. The molecule has 0 unspecified atom stereocenters. The molecule has 1 saturated carbocycles. The second-order valence-corrected chi connectivity index (χ2v) is 23.3. The number of nitro groups is 1. The number of anilines is 2. The van der Waals surface area contributed by atoms with E-state index in [0.717, 1.165) is 92.9 Å². The number of H-pyrrole nitrogens is 1. The first kappa shape index (κ1) is 47.0. The van der Waals surface area contributed by atoms with Gasteiger partial charge >= 0.3 is 5.69 Å². The molecule has 8 rings (SSSR count). The molecule has 0 atom stereocenters. The molecule has 1 amide bonds. The van der Waals surface area contributed by atoms with E-state index >= 15 is 0 Å². The number of aromatic nitrogens is 3. The van der Waals surface area contributed by atoms with Gasteiger partial charge in [0.1, 0.15) is 22.0 Å². The number of ether oxygens (including phenoxy) is 1. The number of carbonyl (C=O) groups is 1. The highest BCUT2D eigenvalue weighted by Gasteiger charge is 2.31. The van der Waals surface area contributed by atoms with E-state index in [2.05, 4.69) is 65.1 Å². The maximum Gasteiger partial charge on any atom is 0.312 e. The van der Waals surface area contributed by atoms with Crippen LogP contribution in [0.3, 0.4) is 0 Å². The van der Waals surface area contributed by atoms with Crippen LogP contribution >= 0.6 is 11.6 Å².